The highest BCUT2D eigenvalue weighted by molar-refractivity contribution is 5.26. The molecule has 0 aliphatic heterocycles. The Kier molecular flexibility index (Phi) is 1.69. The summed E-state index contributed by atoms with van der Waals surface area (Å²) in [6.07, 6.45) is 11.9. The lowest BCUT2D eigenvalue weighted by Crippen LogP contribution is -2.20. The van der Waals surface area contributed by atoms with E-state index in [-0.39, 0.29) is 0 Å². The molecule has 7 aliphatic carbocycles. The molecule has 4 bridgehead atoms. The highest BCUT2D eigenvalue weighted by atomic mass is 14.7. The molecule has 0 aromatic heterocycles. The van der Waals surface area contributed by atoms with Crippen molar-refractivity contribution in [2.45, 2.75) is 51.4 Å². The number of benzene rings is 1. The first kappa shape index (κ1) is 10.1. The predicted molar refractivity (Wildman–Crippen MR) is 73.4 cm³/mol. The van der Waals surface area contributed by atoms with Gasteiger partial charge in [0.25, 0.3) is 0 Å². The Morgan fingerprint density at radius 2 is 1.06 bits per heavy atom. The van der Waals surface area contributed by atoms with E-state index < -0.39 is 0 Å². The van der Waals surface area contributed by atoms with Gasteiger partial charge in [-0.15, -0.1) is 0 Å². The van der Waals surface area contributed by atoms with Crippen LogP contribution in [0.3, 0.4) is 0 Å². The second-order valence-corrected chi connectivity index (χ2v) is 7.75. The molecule has 0 heterocycles. The van der Waals surface area contributed by atoms with Crippen LogP contribution in [0, 0.1) is 22.7 Å². The van der Waals surface area contributed by atoms with Gasteiger partial charge in [0.15, 0.2) is 0 Å². The Hall–Kier alpha value is -0.780. The minimum absolute atomic E-state index is 0.808. The van der Waals surface area contributed by atoms with Crippen LogP contribution in [-0.2, 0) is 12.8 Å². The van der Waals surface area contributed by atoms with Gasteiger partial charge in [-0.3, -0.25) is 0 Å². The largest absolute Gasteiger partial charge is 0.0588 e. The maximum Gasteiger partial charge on any atom is -0.0260 e. The lowest BCUT2D eigenvalue weighted by molar-refractivity contribution is 0.229. The van der Waals surface area contributed by atoms with Gasteiger partial charge >= 0.3 is 0 Å². The van der Waals surface area contributed by atoms with Gasteiger partial charge in [0.1, 0.15) is 0 Å². The van der Waals surface area contributed by atoms with E-state index >= 15 is 0 Å². The van der Waals surface area contributed by atoms with Crippen LogP contribution in [0.4, 0.5) is 0 Å². The zero-order valence-corrected chi connectivity index (χ0v) is 11.1. The van der Waals surface area contributed by atoms with Crippen molar-refractivity contribution < 1.29 is 0 Å². The first-order chi connectivity index (χ1) is 8.78. The zero-order valence-electron chi connectivity index (χ0n) is 11.1. The fourth-order valence-electron chi connectivity index (χ4n) is 5.40. The molecule has 0 atom stereocenters. The van der Waals surface area contributed by atoms with E-state index in [0.717, 1.165) is 22.7 Å². The van der Waals surface area contributed by atoms with Crippen molar-refractivity contribution in [3.05, 3.63) is 35.4 Å². The van der Waals surface area contributed by atoms with Crippen LogP contribution in [0.5, 0.6) is 0 Å². The van der Waals surface area contributed by atoms with Crippen molar-refractivity contribution in [3.63, 3.8) is 0 Å². The molecule has 18 heavy (non-hydrogen) atoms. The van der Waals surface area contributed by atoms with E-state index in [1.807, 2.05) is 0 Å². The molecular formula is C18H22. The highest BCUT2D eigenvalue weighted by Crippen LogP contribution is 2.78. The van der Waals surface area contributed by atoms with Crippen molar-refractivity contribution >= 4 is 0 Å². The summed E-state index contributed by atoms with van der Waals surface area (Å²) >= 11 is 0. The zero-order chi connectivity index (χ0) is 11.8. The third-order valence-electron chi connectivity index (χ3n) is 6.87. The molecule has 0 unspecified atom stereocenters. The second-order valence-electron chi connectivity index (χ2n) is 7.75. The molecule has 3 fully saturated rings. The summed E-state index contributed by atoms with van der Waals surface area (Å²) in [7, 11) is 0. The van der Waals surface area contributed by atoms with Gasteiger partial charge in [0.05, 0.1) is 0 Å². The minimum Gasteiger partial charge on any atom is -0.0588 e. The quantitative estimate of drug-likeness (QED) is 0.629. The van der Waals surface area contributed by atoms with Gasteiger partial charge in [-0.25, -0.2) is 0 Å². The van der Waals surface area contributed by atoms with Gasteiger partial charge in [0.2, 0.25) is 0 Å². The van der Waals surface area contributed by atoms with E-state index in [9.17, 15) is 0 Å². The van der Waals surface area contributed by atoms with Crippen molar-refractivity contribution in [2.24, 2.45) is 22.7 Å². The Bertz CT molecular complexity index is 452. The van der Waals surface area contributed by atoms with Crippen molar-refractivity contribution in [2.75, 3.05) is 0 Å². The molecule has 3 saturated carbocycles. The molecule has 1 aromatic carbocycles. The maximum absolute atomic E-state index is 2.39. The fraction of sp³-hybridized carbons (Fsp3) is 0.667. The fourth-order valence-corrected chi connectivity index (χ4v) is 5.40. The minimum atomic E-state index is 0.808. The summed E-state index contributed by atoms with van der Waals surface area (Å²) < 4.78 is 0. The summed E-state index contributed by atoms with van der Waals surface area (Å²) in [5, 5.41) is 0. The van der Waals surface area contributed by atoms with Crippen LogP contribution >= 0.6 is 0 Å². The summed E-state index contributed by atoms with van der Waals surface area (Å²) in [6.45, 7) is 0. The van der Waals surface area contributed by atoms with E-state index in [2.05, 4.69) is 24.3 Å². The van der Waals surface area contributed by atoms with Crippen LogP contribution < -0.4 is 0 Å². The smallest absolute Gasteiger partial charge is 0.0260 e. The number of rotatable bonds is 0. The van der Waals surface area contributed by atoms with E-state index in [1.54, 1.807) is 36.8 Å². The molecular weight excluding hydrogens is 216 g/mol. The number of hydrogen-bond acceptors (Lipinski definition) is 0. The summed E-state index contributed by atoms with van der Waals surface area (Å²) in [4.78, 5) is 0. The van der Waals surface area contributed by atoms with E-state index in [1.165, 1.54) is 25.7 Å². The van der Waals surface area contributed by atoms with Crippen molar-refractivity contribution in [1.29, 1.82) is 0 Å². The Morgan fingerprint density at radius 1 is 0.667 bits per heavy atom. The van der Waals surface area contributed by atoms with Crippen LogP contribution in [0.15, 0.2) is 24.3 Å². The summed E-state index contributed by atoms with van der Waals surface area (Å²) in [6, 6.07) is 9.56. The van der Waals surface area contributed by atoms with Gasteiger partial charge in [-0.2, -0.15) is 0 Å². The second kappa shape index (κ2) is 3.03. The SMILES string of the molecule is c1cc2ccc1CC[C@]13C[C@H]4C[C@]4(CC2)C[C@H]1C3. The molecule has 1 aromatic rings. The average molecular weight is 238 g/mol. The first-order valence-electron chi connectivity index (χ1n) is 7.86. The maximum atomic E-state index is 2.39. The Morgan fingerprint density at radius 3 is 1.44 bits per heavy atom. The predicted octanol–water partition coefficient (Wildman–Crippen LogP) is 4.37. The van der Waals surface area contributed by atoms with Gasteiger partial charge in [-0.1, -0.05) is 24.3 Å². The highest BCUT2D eigenvalue weighted by Gasteiger charge is 2.68. The van der Waals surface area contributed by atoms with Gasteiger partial charge < -0.3 is 0 Å². The average Bonchev–Trinajstić information content (AvgIpc) is 3.23. The van der Waals surface area contributed by atoms with Gasteiger partial charge in [-0.05, 0) is 85.2 Å². The molecule has 0 amide bonds. The van der Waals surface area contributed by atoms with E-state index in [4.69, 9.17) is 0 Å². The van der Waals surface area contributed by atoms with Gasteiger partial charge in [0, 0.05) is 0 Å². The normalized spacial score (nSPS) is 47.8. The van der Waals surface area contributed by atoms with E-state index in [0.29, 0.717) is 0 Å². The third kappa shape index (κ3) is 1.27. The van der Waals surface area contributed by atoms with Crippen LogP contribution in [0.1, 0.15) is 49.7 Å². The topological polar surface area (TPSA) is 0 Å². The molecule has 94 valence electrons. The van der Waals surface area contributed by atoms with Crippen LogP contribution in [0.2, 0.25) is 0 Å². The monoisotopic (exact) mass is 238 g/mol. The number of aryl methyl sites for hydroxylation is 2. The van der Waals surface area contributed by atoms with Crippen LogP contribution in [0.25, 0.3) is 0 Å². The van der Waals surface area contributed by atoms with Crippen molar-refractivity contribution in [3.8, 4) is 0 Å². The van der Waals surface area contributed by atoms with Crippen molar-refractivity contribution in [1.82, 2.24) is 0 Å². The Balaban J connectivity index is 1.53. The first-order valence-corrected chi connectivity index (χ1v) is 7.86. The lowest BCUT2D eigenvalue weighted by Gasteiger charge is -2.29. The molecule has 0 saturated heterocycles. The standard InChI is InChI=1S/C18H22/c1-2-14-4-3-13(1)5-7-17-9-15(17)12-18(8-6-14)10-16(18)11-17/h1-4,15-16H,5-12H2/t15-,16-,17-,18+/m1/s1. The molecule has 7 aliphatic rings. The van der Waals surface area contributed by atoms with Crippen LogP contribution in [-0.4, -0.2) is 0 Å². The summed E-state index contributed by atoms with van der Waals surface area (Å²) in [5.41, 5.74) is 4.77. The summed E-state index contributed by atoms with van der Waals surface area (Å²) in [5.74, 6) is 2.24. The molecule has 0 N–H and O–H groups in total. The molecule has 0 radical (unpaired) electrons. The third-order valence-corrected chi connectivity index (χ3v) is 6.87. The molecule has 2 spiro atoms. The number of hydrogen-bond donors (Lipinski definition) is 0. The lowest BCUT2D eigenvalue weighted by atomic mass is 9.76. The molecule has 0 heteroatoms. The molecule has 8 rings (SSSR count). The Labute approximate surface area is 110 Å². The molecule has 0 nitrogen and oxygen atoms in total.